The van der Waals surface area contributed by atoms with E-state index in [1.54, 1.807) is 25.1 Å². The number of hydrogen-bond donors (Lipinski definition) is 2. The Morgan fingerprint density at radius 3 is 2.38 bits per heavy atom. The van der Waals surface area contributed by atoms with Gasteiger partial charge in [0.15, 0.2) is 0 Å². The van der Waals surface area contributed by atoms with Crippen LogP contribution in [0.25, 0.3) is 0 Å². The third-order valence-electron chi connectivity index (χ3n) is 3.54. The first-order valence-electron chi connectivity index (χ1n) is 7.23. The van der Waals surface area contributed by atoms with Gasteiger partial charge < -0.3 is 10.6 Å². The van der Waals surface area contributed by atoms with Crippen LogP contribution in [0.4, 0.5) is 17.1 Å². The zero-order valence-corrected chi connectivity index (χ0v) is 13.5. The van der Waals surface area contributed by atoms with Crippen LogP contribution in [0.3, 0.4) is 0 Å². The van der Waals surface area contributed by atoms with Gasteiger partial charge in [0, 0.05) is 35.5 Å². The number of anilines is 2. The van der Waals surface area contributed by atoms with Crippen molar-refractivity contribution in [3.05, 3.63) is 63.2 Å². The Morgan fingerprint density at radius 1 is 1.08 bits per heavy atom. The van der Waals surface area contributed by atoms with E-state index in [-0.39, 0.29) is 17.2 Å². The van der Waals surface area contributed by atoms with E-state index in [9.17, 15) is 19.7 Å². The Balaban J connectivity index is 2.24. The van der Waals surface area contributed by atoms with Crippen molar-refractivity contribution in [3.8, 4) is 0 Å². The Labute approximate surface area is 138 Å². The van der Waals surface area contributed by atoms with Crippen LogP contribution in [0.2, 0.25) is 0 Å². The molecule has 0 aliphatic carbocycles. The Hall–Kier alpha value is -3.22. The molecule has 2 amide bonds. The van der Waals surface area contributed by atoms with Gasteiger partial charge in [-0.15, -0.1) is 0 Å². The van der Waals surface area contributed by atoms with Gasteiger partial charge in [0.25, 0.3) is 11.6 Å². The maximum absolute atomic E-state index is 12.4. The summed E-state index contributed by atoms with van der Waals surface area (Å²) in [6.45, 7) is 4.76. The average molecular weight is 327 g/mol. The highest BCUT2D eigenvalue weighted by atomic mass is 16.6. The van der Waals surface area contributed by atoms with Crippen LogP contribution in [0.5, 0.6) is 0 Å². The van der Waals surface area contributed by atoms with E-state index < -0.39 is 10.8 Å². The fraction of sp³-hybridized carbons (Fsp3) is 0.176. The van der Waals surface area contributed by atoms with E-state index in [1.165, 1.54) is 32.0 Å². The Bertz CT molecular complexity index is 831. The van der Waals surface area contributed by atoms with E-state index >= 15 is 0 Å². The van der Waals surface area contributed by atoms with Crippen LogP contribution >= 0.6 is 0 Å². The molecule has 0 atom stereocenters. The normalized spacial score (nSPS) is 10.1. The summed E-state index contributed by atoms with van der Waals surface area (Å²) in [4.78, 5) is 33.9. The number of aryl methyl sites for hydroxylation is 1. The van der Waals surface area contributed by atoms with Crippen molar-refractivity contribution >= 4 is 28.9 Å². The van der Waals surface area contributed by atoms with Crippen LogP contribution < -0.4 is 10.6 Å². The number of nitro groups is 1. The fourth-order valence-corrected chi connectivity index (χ4v) is 2.34. The van der Waals surface area contributed by atoms with Gasteiger partial charge in [0.1, 0.15) is 0 Å². The van der Waals surface area contributed by atoms with Gasteiger partial charge in [0.05, 0.1) is 4.92 Å². The number of nitrogens with one attached hydrogen (secondary N) is 2. The van der Waals surface area contributed by atoms with Crippen LogP contribution in [0, 0.1) is 24.0 Å². The molecular weight excluding hydrogens is 310 g/mol. The molecule has 7 nitrogen and oxygen atoms in total. The molecule has 0 saturated carbocycles. The Kier molecular flexibility index (Phi) is 4.93. The lowest BCUT2D eigenvalue weighted by Gasteiger charge is -2.11. The summed E-state index contributed by atoms with van der Waals surface area (Å²) in [7, 11) is 0. The van der Waals surface area contributed by atoms with Crippen molar-refractivity contribution in [2.75, 3.05) is 10.6 Å². The first-order valence-corrected chi connectivity index (χ1v) is 7.23. The first-order chi connectivity index (χ1) is 11.3. The van der Waals surface area contributed by atoms with Crippen LogP contribution in [0.1, 0.15) is 28.4 Å². The zero-order valence-electron chi connectivity index (χ0n) is 13.5. The average Bonchev–Trinajstić information content (AvgIpc) is 2.49. The molecular formula is C17H17N3O4. The van der Waals surface area contributed by atoms with Crippen molar-refractivity contribution < 1.29 is 14.5 Å². The summed E-state index contributed by atoms with van der Waals surface area (Å²) in [5.41, 5.74) is 2.45. The van der Waals surface area contributed by atoms with Gasteiger partial charge in [-0.1, -0.05) is 6.07 Å². The minimum Gasteiger partial charge on any atom is -0.326 e. The monoisotopic (exact) mass is 327 g/mol. The van der Waals surface area contributed by atoms with Crippen LogP contribution in [-0.4, -0.2) is 16.7 Å². The van der Waals surface area contributed by atoms with Crippen molar-refractivity contribution in [1.82, 2.24) is 0 Å². The highest BCUT2D eigenvalue weighted by Crippen LogP contribution is 2.23. The Morgan fingerprint density at radius 2 is 1.79 bits per heavy atom. The second kappa shape index (κ2) is 6.91. The molecule has 2 aromatic carbocycles. The molecule has 7 heteroatoms. The van der Waals surface area contributed by atoms with E-state index in [4.69, 9.17) is 0 Å². The number of amides is 2. The minimum atomic E-state index is -0.515. The molecule has 0 aliphatic heterocycles. The number of nitrogens with zero attached hydrogens (tertiary/aromatic N) is 1. The third-order valence-corrected chi connectivity index (χ3v) is 3.54. The van der Waals surface area contributed by atoms with E-state index in [0.717, 1.165) is 5.56 Å². The topological polar surface area (TPSA) is 101 Å². The summed E-state index contributed by atoms with van der Waals surface area (Å²) in [5.74, 6) is -0.606. The summed E-state index contributed by atoms with van der Waals surface area (Å²) >= 11 is 0. The lowest BCUT2D eigenvalue weighted by molar-refractivity contribution is -0.385. The number of nitro benzene ring substituents is 1. The molecule has 0 saturated heterocycles. The molecule has 0 aromatic heterocycles. The predicted octanol–water partition coefficient (Wildman–Crippen LogP) is 3.42. The number of rotatable bonds is 4. The summed E-state index contributed by atoms with van der Waals surface area (Å²) in [6.07, 6.45) is 0. The lowest BCUT2D eigenvalue weighted by Crippen LogP contribution is -2.14. The maximum atomic E-state index is 12.4. The SMILES string of the molecule is CC(=O)Nc1ccc(NC(=O)c2cccc([N+](=O)[O-])c2C)cc1C. The van der Waals surface area contributed by atoms with E-state index in [2.05, 4.69) is 10.6 Å². The number of hydrogen-bond acceptors (Lipinski definition) is 4. The number of benzene rings is 2. The minimum absolute atomic E-state index is 0.0974. The molecule has 0 radical (unpaired) electrons. The van der Waals surface area contributed by atoms with Crippen molar-refractivity contribution in [2.45, 2.75) is 20.8 Å². The van der Waals surface area contributed by atoms with Gasteiger partial charge in [0.2, 0.25) is 5.91 Å². The first kappa shape index (κ1) is 17.1. The summed E-state index contributed by atoms with van der Waals surface area (Å²) < 4.78 is 0. The van der Waals surface area contributed by atoms with E-state index in [0.29, 0.717) is 16.9 Å². The molecule has 0 aliphatic rings. The molecule has 124 valence electrons. The van der Waals surface area contributed by atoms with Gasteiger partial charge in [-0.25, -0.2) is 0 Å². The van der Waals surface area contributed by atoms with E-state index in [1.807, 2.05) is 0 Å². The summed E-state index contributed by atoms with van der Waals surface area (Å²) in [6, 6.07) is 9.44. The standard InChI is InChI=1S/C17H17N3O4/c1-10-9-13(7-8-15(10)18-12(3)21)19-17(22)14-5-4-6-16(11(14)2)20(23)24/h4-9H,1-3H3,(H,18,21)(H,19,22). The molecule has 0 spiro atoms. The highest BCUT2D eigenvalue weighted by Gasteiger charge is 2.18. The van der Waals surface area contributed by atoms with Crippen molar-refractivity contribution in [1.29, 1.82) is 0 Å². The van der Waals surface area contributed by atoms with Crippen molar-refractivity contribution in [2.24, 2.45) is 0 Å². The van der Waals surface area contributed by atoms with Gasteiger partial charge >= 0.3 is 0 Å². The smallest absolute Gasteiger partial charge is 0.273 e. The predicted molar refractivity (Wildman–Crippen MR) is 91.3 cm³/mol. The molecule has 0 fully saturated rings. The largest absolute Gasteiger partial charge is 0.326 e. The maximum Gasteiger partial charge on any atom is 0.273 e. The molecule has 0 unspecified atom stereocenters. The molecule has 2 rings (SSSR count). The van der Waals surface area contributed by atoms with Gasteiger partial charge in [-0.3, -0.25) is 19.7 Å². The second-order valence-electron chi connectivity index (χ2n) is 5.37. The summed E-state index contributed by atoms with van der Waals surface area (Å²) in [5, 5.41) is 16.4. The highest BCUT2D eigenvalue weighted by molar-refractivity contribution is 6.06. The zero-order chi connectivity index (χ0) is 17.9. The lowest BCUT2D eigenvalue weighted by atomic mass is 10.1. The van der Waals surface area contributed by atoms with Crippen LogP contribution in [0.15, 0.2) is 36.4 Å². The fourth-order valence-electron chi connectivity index (χ4n) is 2.34. The molecule has 24 heavy (non-hydrogen) atoms. The second-order valence-corrected chi connectivity index (χ2v) is 5.37. The number of carbonyl (C=O) groups is 2. The molecule has 0 bridgehead atoms. The molecule has 2 N–H and O–H groups in total. The molecule has 0 heterocycles. The van der Waals surface area contributed by atoms with Gasteiger partial charge in [-0.05, 0) is 43.7 Å². The van der Waals surface area contributed by atoms with Crippen molar-refractivity contribution in [3.63, 3.8) is 0 Å². The quantitative estimate of drug-likeness (QED) is 0.663. The van der Waals surface area contributed by atoms with Crippen LogP contribution in [-0.2, 0) is 4.79 Å². The third kappa shape index (κ3) is 3.75. The number of carbonyl (C=O) groups excluding carboxylic acids is 2. The molecule has 2 aromatic rings. The van der Waals surface area contributed by atoms with Gasteiger partial charge in [-0.2, -0.15) is 0 Å².